The maximum absolute atomic E-state index is 12.8. The number of carbonyl (C=O) groups is 1. The quantitative estimate of drug-likeness (QED) is 0.665. The third kappa shape index (κ3) is 4.68. The minimum absolute atomic E-state index is 0.226. The molecule has 1 aromatic heterocycles. The number of hydrogen-bond donors (Lipinski definition) is 2. The fourth-order valence-electron chi connectivity index (χ4n) is 6.80. The first-order chi connectivity index (χ1) is 15.5. The lowest BCUT2D eigenvalue weighted by atomic mass is 9.52. The molecule has 1 amide bonds. The van der Waals surface area contributed by atoms with E-state index in [1.807, 2.05) is 19.2 Å². The molecule has 0 saturated heterocycles. The van der Waals surface area contributed by atoms with Gasteiger partial charge in [-0.2, -0.15) is 0 Å². The molecule has 6 rings (SSSR count). The first-order valence-electron chi connectivity index (χ1n) is 12.3. The van der Waals surface area contributed by atoms with Gasteiger partial charge < -0.3 is 15.2 Å². The van der Waals surface area contributed by atoms with E-state index in [1.54, 1.807) is 6.07 Å². The van der Waals surface area contributed by atoms with Crippen molar-refractivity contribution in [1.82, 2.24) is 15.2 Å². The monoisotopic (exact) mass is 433 g/mol. The lowest BCUT2D eigenvalue weighted by molar-refractivity contribution is -0.0347. The van der Waals surface area contributed by atoms with E-state index < -0.39 is 0 Å². The molecular formula is C27H35N3O2. The van der Waals surface area contributed by atoms with Crippen LogP contribution in [0.15, 0.2) is 47.3 Å². The maximum atomic E-state index is 12.8. The van der Waals surface area contributed by atoms with E-state index in [0.29, 0.717) is 12.5 Å². The van der Waals surface area contributed by atoms with E-state index in [4.69, 9.17) is 0 Å². The van der Waals surface area contributed by atoms with Crippen LogP contribution < -0.4 is 10.9 Å². The van der Waals surface area contributed by atoms with Crippen molar-refractivity contribution in [2.24, 2.45) is 29.6 Å². The predicted octanol–water partition coefficient (Wildman–Crippen LogP) is 3.85. The van der Waals surface area contributed by atoms with Crippen LogP contribution in [-0.2, 0) is 13.0 Å². The summed E-state index contributed by atoms with van der Waals surface area (Å²) in [5, 5.41) is 3.10. The third-order valence-electron chi connectivity index (χ3n) is 8.20. The number of nitrogens with one attached hydrogen (secondary N) is 2. The van der Waals surface area contributed by atoms with E-state index in [0.717, 1.165) is 48.9 Å². The van der Waals surface area contributed by atoms with Crippen molar-refractivity contribution < 1.29 is 4.79 Å². The molecule has 4 aliphatic carbocycles. The highest BCUT2D eigenvalue weighted by Crippen LogP contribution is 2.56. The first kappa shape index (κ1) is 21.4. The van der Waals surface area contributed by atoms with E-state index in [2.05, 4.69) is 39.5 Å². The number of aromatic nitrogens is 1. The lowest BCUT2D eigenvalue weighted by Gasteiger charge is -2.54. The number of rotatable bonds is 8. The largest absolute Gasteiger partial charge is 0.352 e. The SMILES string of the molecule is CN(CCc1ccccc1)Cc1ccc(C(=O)NCC2C3CC4CC(C3)CC2C4)c(=O)[nH]1. The number of aromatic amines is 1. The van der Waals surface area contributed by atoms with Gasteiger partial charge in [0.25, 0.3) is 11.5 Å². The molecule has 170 valence electrons. The molecule has 5 heteroatoms. The fraction of sp³-hybridized carbons (Fsp3) is 0.556. The number of H-pyrrole nitrogens is 1. The zero-order chi connectivity index (χ0) is 22.1. The summed E-state index contributed by atoms with van der Waals surface area (Å²) < 4.78 is 0. The average Bonchev–Trinajstić information content (AvgIpc) is 2.77. The molecule has 2 N–H and O–H groups in total. The Morgan fingerprint density at radius 2 is 1.69 bits per heavy atom. The van der Waals surface area contributed by atoms with Gasteiger partial charge in [-0.05, 0) is 92.9 Å². The second kappa shape index (κ2) is 9.22. The van der Waals surface area contributed by atoms with E-state index in [1.165, 1.54) is 37.7 Å². The van der Waals surface area contributed by atoms with Gasteiger partial charge in [-0.1, -0.05) is 30.3 Å². The van der Waals surface area contributed by atoms with Crippen LogP contribution in [0.5, 0.6) is 0 Å². The molecule has 5 nitrogen and oxygen atoms in total. The second-order valence-electron chi connectivity index (χ2n) is 10.5. The van der Waals surface area contributed by atoms with Crippen molar-refractivity contribution in [3.8, 4) is 0 Å². The van der Waals surface area contributed by atoms with Crippen LogP contribution in [0.2, 0.25) is 0 Å². The van der Waals surface area contributed by atoms with Gasteiger partial charge in [0.2, 0.25) is 0 Å². The summed E-state index contributed by atoms with van der Waals surface area (Å²) in [5.74, 6) is 3.79. The van der Waals surface area contributed by atoms with Crippen molar-refractivity contribution >= 4 is 5.91 Å². The summed E-state index contributed by atoms with van der Waals surface area (Å²) in [6, 6.07) is 14.0. The predicted molar refractivity (Wildman–Crippen MR) is 126 cm³/mol. The molecule has 0 spiro atoms. The Balaban J connectivity index is 1.13. The van der Waals surface area contributed by atoms with Crippen molar-refractivity contribution in [2.75, 3.05) is 20.1 Å². The molecule has 4 saturated carbocycles. The Bertz CT molecular complexity index is 971. The molecule has 1 aromatic carbocycles. The Labute approximate surface area is 190 Å². The molecule has 4 bridgehead atoms. The number of amides is 1. The Kier molecular flexibility index (Phi) is 6.18. The van der Waals surface area contributed by atoms with Gasteiger partial charge >= 0.3 is 0 Å². The van der Waals surface area contributed by atoms with Crippen molar-refractivity contribution in [1.29, 1.82) is 0 Å². The molecule has 32 heavy (non-hydrogen) atoms. The van der Waals surface area contributed by atoms with E-state index >= 15 is 0 Å². The summed E-state index contributed by atoms with van der Waals surface area (Å²) in [6.07, 6.45) is 7.80. The van der Waals surface area contributed by atoms with E-state index in [-0.39, 0.29) is 17.0 Å². The van der Waals surface area contributed by atoms with Gasteiger partial charge in [-0.3, -0.25) is 9.59 Å². The molecular weight excluding hydrogens is 398 g/mol. The topological polar surface area (TPSA) is 65.2 Å². The number of carbonyl (C=O) groups excluding carboxylic acids is 1. The van der Waals surface area contributed by atoms with Gasteiger partial charge in [-0.25, -0.2) is 0 Å². The van der Waals surface area contributed by atoms with Gasteiger partial charge in [0.1, 0.15) is 5.56 Å². The van der Waals surface area contributed by atoms with Gasteiger partial charge in [-0.15, -0.1) is 0 Å². The maximum Gasteiger partial charge on any atom is 0.261 e. The minimum Gasteiger partial charge on any atom is -0.352 e. The summed E-state index contributed by atoms with van der Waals surface area (Å²) in [4.78, 5) is 30.5. The number of benzene rings is 1. The first-order valence-corrected chi connectivity index (χ1v) is 12.3. The molecule has 0 aliphatic heterocycles. The van der Waals surface area contributed by atoms with Crippen LogP contribution in [-0.4, -0.2) is 35.9 Å². The Hall–Kier alpha value is -2.40. The van der Waals surface area contributed by atoms with Crippen molar-refractivity contribution in [2.45, 2.75) is 45.1 Å². The Morgan fingerprint density at radius 3 is 2.34 bits per heavy atom. The van der Waals surface area contributed by atoms with Crippen molar-refractivity contribution in [3.63, 3.8) is 0 Å². The molecule has 1 heterocycles. The number of likely N-dealkylation sites (N-methyl/N-ethyl adjacent to an activating group) is 1. The lowest BCUT2D eigenvalue weighted by Crippen LogP contribution is -2.49. The summed E-state index contributed by atoms with van der Waals surface area (Å²) in [5.41, 5.74) is 2.08. The molecule has 2 aromatic rings. The van der Waals surface area contributed by atoms with Gasteiger partial charge in [0.15, 0.2) is 0 Å². The Morgan fingerprint density at radius 1 is 1.00 bits per heavy atom. The standard InChI is InChI=1S/C27H35N3O2/c1-30(10-9-18-5-3-2-4-6-18)17-23-7-8-24(27(32)29-23)26(31)28-16-25-21-12-19-11-20(14-21)15-22(25)13-19/h2-8,19-22,25H,9-17H2,1H3,(H,28,31)(H,29,32). The number of nitrogens with zero attached hydrogens (tertiary/aromatic N) is 1. The smallest absolute Gasteiger partial charge is 0.261 e. The molecule has 4 aliphatic rings. The summed E-state index contributed by atoms with van der Waals surface area (Å²) >= 11 is 0. The van der Waals surface area contributed by atoms with Crippen LogP contribution in [0.25, 0.3) is 0 Å². The van der Waals surface area contributed by atoms with Crippen LogP contribution in [0, 0.1) is 29.6 Å². The van der Waals surface area contributed by atoms with Gasteiger partial charge in [0, 0.05) is 25.3 Å². The van der Waals surface area contributed by atoms with Crippen LogP contribution in [0.1, 0.15) is 53.7 Å². The number of hydrogen-bond acceptors (Lipinski definition) is 3. The average molecular weight is 434 g/mol. The molecule has 4 fully saturated rings. The van der Waals surface area contributed by atoms with Crippen LogP contribution >= 0.6 is 0 Å². The van der Waals surface area contributed by atoms with Crippen LogP contribution in [0.3, 0.4) is 0 Å². The number of pyridine rings is 1. The highest BCUT2D eigenvalue weighted by atomic mass is 16.2. The fourth-order valence-corrected chi connectivity index (χ4v) is 6.80. The molecule has 0 atom stereocenters. The molecule has 0 radical (unpaired) electrons. The zero-order valence-electron chi connectivity index (χ0n) is 19.1. The van der Waals surface area contributed by atoms with Crippen LogP contribution in [0.4, 0.5) is 0 Å². The van der Waals surface area contributed by atoms with Gasteiger partial charge in [0.05, 0.1) is 0 Å². The highest BCUT2D eigenvalue weighted by Gasteiger charge is 2.47. The minimum atomic E-state index is -0.290. The summed E-state index contributed by atoms with van der Waals surface area (Å²) in [6.45, 7) is 2.27. The normalized spacial score (nSPS) is 28.2. The highest BCUT2D eigenvalue weighted by molar-refractivity contribution is 5.93. The second-order valence-corrected chi connectivity index (χ2v) is 10.5. The van der Waals surface area contributed by atoms with E-state index in [9.17, 15) is 9.59 Å². The van der Waals surface area contributed by atoms with Crippen molar-refractivity contribution in [3.05, 3.63) is 69.6 Å². The molecule has 0 unspecified atom stereocenters. The third-order valence-corrected chi connectivity index (χ3v) is 8.20. The zero-order valence-corrected chi connectivity index (χ0v) is 19.1. The summed E-state index contributed by atoms with van der Waals surface area (Å²) in [7, 11) is 2.05.